The Morgan fingerprint density at radius 1 is 1.11 bits per heavy atom. The first-order valence-corrected chi connectivity index (χ1v) is 8.98. The van der Waals surface area contributed by atoms with Crippen molar-refractivity contribution in [3.8, 4) is 11.1 Å². The Hall–Kier alpha value is -3.58. The second-order valence-electron chi connectivity index (χ2n) is 5.87. The molecule has 3 heterocycles. The third-order valence-corrected chi connectivity index (χ3v) is 4.90. The molecular weight excluding hydrogens is 360 g/mol. The van der Waals surface area contributed by atoms with Gasteiger partial charge in [0.15, 0.2) is 0 Å². The molecule has 4 rings (SSSR count). The van der Waals surface area contributed by atoms with E-state index in [1.54, 1.807) is 42.3 Å². The number of aromatic nitrogens is 3. The summed E-state index contributed by atoms with van der Waals surface area (Å²) in [6.45, 7) is 0. The van der Waals surface area contributed by atoms with E-state index >= 15 is 0 Å². The number of nitrogens with zero attached hydrogens (tertiary/aromatic N) is 2. The first-order valence-electron chi connectivity index (χ1n) is 8.10. The number of carbonyl (C=O) groups excluding carboxylic acids is 2. The molecule has 6 nitrogen and oxygen atoms in total. The molecule has 0 radical (unpaired) electrons. The van der Waals surface area contributed by atoms with Crippen molar-refractivity contribution in [3.05, 3.63) is 76.5 Å². The molecule has 0 aliphatic carbocycles. The topological polar surface area (TPSA) is 102 Å². The van der Waals surface area contributed by atoms with Crippen LogP contribution in [-0.2, 0) is 4.79 Å². The van der Waals surface area contributed by atoms with Crippen molar-refractivity contribution in [2.75, 3.05) is 0 Å². The molecule has 4 aromatic rings. The number of amides is 1. The molecule has 0 unspecified atom stereocenters. The second kappa shape index (κ2) is 6.97. The van der Waals surface area contributed by atoms with Crippen molar-refractivity contribution in [1.82, 2.24) is 15.0 Å². The Kier molecular flexibility index (Phi) is 4.35. The highest BCUT2D eigenvalue weighted by atomic mass is 32.1. The number of primary amides is 1. The summed E-state index contributed by atoms with van der Waals surface area (Å²) >= 11 is 1.32. The number of hydrogen-bond acceptors (Lipinski definition) is 5. The summed E-state index contributed by atoms with van der Waals surface area (Å²) < 4.78 is 0. The molecule has 7 heteroatoms. The van der Waals surface area contributed by atoms with Crippen molar-refractivity contribution in [2.45, 2.75) is 0 Å². The maximum Gasteiger partial charge on any atom is 0.241 e. The van der Waals surface area contributed by atoms with Crippen LogP contribution in [0.3, 0.4) is 0 Å². The fourth-order valence-electron chi connectivity index (χ4n) is 2.78. The SMILES string of the molecule is NC(=O)/C=C/c1c[nH]c2ncc(-c3ccc(C(=O)c4cncs4)cc3)cc12. The molecule has 132 valence electrons. The second-order valence-corrected chi connectivity index (χ2v) is 6.76. The van der Waals surface area contributed by atoms with Crippen LogP contribution in [0, 0.1) is 0 Å². The molecule has 0 aliphatic rings. The van der Waals surface area contributed by atoms with Gasteiger partial charge in [-0.1, -0.05) is 24.3 Å². The summed E-state index contributed by atoms with van der Waals surface area (Å²) in [6, 6.07) is 9.37. The molecule has 27 heavy (non-hydrogen) atoms. The summed E-state index contributed by atoms with van der Waals surface area (Å²) in [5.41, 5.74) is 10.8. The Balaban J connectivity index is 1.67. The first kappa shape index (κ1) is 16.9. The maximum atomic E-state index is 12.4. The van der Waals surface area contributed by atoms with Gasteiger partial charge in [-0.2, -0.15) is 0 Å². The maximum absolute atomic E-state index is 12.4. The minimum absolute atomic E-state index is 0.0397. The highest BCUT2D eigenvalue weighted by Gasteiger charge is 2.11. The number of carbonyl (C=O) groups is 2. The largest absolute Gasteiger partial charge is 0.366 e. The summed E-state index contributed by atoms with van der Waals surface area (Å²) in [5.74, 6) is -0.545. The van der Waals surface area contributed by atoms with Gasteiger partial charge in [0.1, 0.15) is 5.65 Å². The monoisotopic (exact) mass is 374 g/mol. The molecule has 1 aromatic carbocycles. The van der Waals surface area contributed by atoms with Crippen LogP contribution in [0.2, 0.25) is 0 Å². The van der Waals surface area contributed by atoms with E-state index in [-0.39, 0.29) is 5.78 Å². The van der Waals surface area contributed by atoms with Crippen molar-refractivity contribution in [2.24, 2.45) is 5.73 Å². The number of hydrogen-bond donors (Lipinski definition) is 2. The van der Waals surface area contributed by atoms with Crippen LogP contribution in [0.1, 0.15) is 20.8 Å². The minimum atomic E-state index is -0.505. The average Bonchev–Trinajstić information content (AvgIpc) is 3.35. The predicted molar refractivity (Wildman–Crippen MR) is 105 cm³/mol. The van der Waals surface area contributed by atoms with Crippen LogP contribution in [-0.4, -0.2) is 26.6 Å². The number of aromatic amines is 1. The van der Waals surface area contributed by atoms with E-state index in [2.05, 4.69) is 15.0 Å². The number of nitrogens with one attached hydrogen (secondary N) is 1. The Labute approximate surface area is 158 Å². The van der Waals surface area contributed by atoms with Crippen LogP contribution in [0.15, 0.2) is 60.5 Å². The van der Waals surface area contributed by atoms with Gasteiger partial charge in [0.2, 0.25) is 11.7 Å². The van der Waals surface area contributed by atoms with Crippen LogP contribution < -0.4 is 5.73 Å². The highest BCUT2D eigenvalue weighted by Crippen LogP contribution is 2.26. The lowest BCUT2D eigenvalue weighted by Crippen LogP contribution is -2.04. The van der Waals surface area contributed by atoms with Gasteiger partial charge < -0.3 is 10.7 Å². The van der Waals surface area contributed by atoms with Gasteiger partial charge in [0, 0.05) is 46.7 Å². The van der Waals surface area contributed by atoms with E-state index in [4.69, 9.17) is 5.73 Å². The van der Waals surface area contributed by atoms with Crippen LogP contribution in [0.4, 0.5) is 0 Å². The van der Waals surface area contributed by atoms with E-state index in [0.717, 1.165) is 27.7 Å². The average molecular weight is 374 g/mol. The molecule has 0 atom stereocenters. The molecule has 0 saturated carbocycles. The zero-order chi connectivity index (χ0) is 18.8. The number of benzene rings is 1. The molecular formula is C20H14N4O2S. The molecule has 0 spiro atoms. The smallest absolute Gasteiger partial charge is 0.241 e. The van der Waals surface area contributed by atoms with Gasteiger partial charge >= 0.3 is 0 Å². The lowest BCUT2D eigenvalue weighted by molar-refractivity contribution is -0.113. The third kappa shape index (κ3) is 3.40. The standard InChI is InChI=1S/C20H14N4O2S/c21-18(25)6-5-14-8-23-20-16(14)7-15(9-24-20)12-1-3-13(4-2-12)19(26)17-10-22-11-27-17/h1-11H,(H2,21,25)(H,23,24)/b6-5+. The van der Waals surface area contributed by atoms with Crippen molar-refractivity contribution >= 4 is 40.1 Å². The van der Waals surface area contributed by atoms with E-state index in [1.165, 1.54) is 17.4 Å². The van der Waals surface area contributed by atoms with E-state index in [9.17, 15) is 9.59 Å². The van der Waals surface area contributed by atoms with Gasteiger partial charge in [-0.05, 0) is 17.7 Å². The summed E-state index contributed by atoms with van der Waals surface area (Å²) in [5, 5.41) is 0.884. The van der Waals surface area contributed by atoms with E-state index in [0.29, 0.717) is 10.4 Å². The fraction of sp³-hybridized carbons (Fsp3) is 0. The van der Waals surface area contributed by atoms with Crippen LogP contribution in [0.5, 0.6) is 0 Å². The zero-order valence-corrected chi connectivity index (χ0v) is 14.9. The molecule has 0 saturated heterocycles. The molecule has 1 amide bonds. The van der Waals surface area contributed by atoms with Gasteiger partial charge in [0.25, 0.3) is 0 Å². The number of H-pyrrole nitrogens is 1. The Bertz CT molecular complexity index is 1160. The Morgan fingerprint density at radius 3 is 2.63 bits per heavy atom. The van der Waals surface area contributed by atoms with Crippen LogP contribution in [0.25, 0.3) is 28.2 Å². The molecule has 0 fully saturated rings. The van der Waals surface area contributed by atoms with Crippen molar-refractivity contribution in [1.29, 1.82) is 0 Å². The number of fused-ring (bicyclic) bond motifs is 1. The van der Waals surface area contributed by atoms with Gasteiger partial charge in [0.05, 0.1) is 10.4 Å². The van der Waals surface area contributed by atoms with E-state index in [1.807, 2.05) is 18.2 Å². The van der Waals surface area contributed by atoms with E-state index < -0.39 is 5.91 Å². The van der Waals surface area contributed by atoms with Gasteiger partial charge in [-0.15, -0.1) is 11.3 Å². The van der Waals surface area contributed by atoms with Crippen molar-refractivity contribution < 1.29 is 9.59 Å². The normalized spacial score (nSPS) is 11.3. The third-order valence-electron chi connectivity index (χ3n) is 4.13. The summed E-state index contributed by atoms with van der Waals surface area (Å²) in [6.07, 6.45) is 8.09. The molecule has 3 aromatic heterocycles. The number of nitrogens with two attached hydrogens (primary N) is 1. The van der Waals surface area contributed by atoms with Crippen LogP contribution >= 0.6 is 11.3 Å². The number of ketones is 1. The summed E-state index contributed by atoms with van der Waals surface area (Å²) in [4.78, 5) is 35.4. The highest BCUT2D eigenvalue weighted by molar-refractivity contribution is 7.11. The van der Waals surface area contributed by atoms with Gasteiger partial charge in [-0.25, -0.2) is 4.98 Å². The number of rotatable bonds is 5. The minimum Gasteiger partial charge on any atom is -0.366 e. The number of thiazole rings is 1. The Morgan fingerprint density at radius 2 is 1.93 bits per heavy atom. The van der Waals surface area contributed by atoms with Crippen molar-refractivity contribution in [3.63, 3.8) is 0 Å². The quantitative estimate of drug-likeness (QED) is 0.413. The lowest BCUT2D eigenvalue weighted by atomic mass is 10.0. The summed E-state index contributed by atoms with van der Waals surface area (Å²) in [7, 11) is 0. The van der Waals surface area contributed by atoms with Gasteiger partial charge in [-0.3, -0.25) is 14.6 Å². The fourth-order valence-corrected chi connectivity index (χ4v) is 3.36. The lowest BCUT2D eigenvalue weighted by Gasteiger charge is -2.04. The molecule has 0 bridgehead atoms. The predicted octanol–water partition coefficient (Wildman–Crippen LogP) is 3.42. The zero-order valence-electron chi connectivity index (χ0n) is 14.0. The molecule has 0 aliphatic heterocycles. The first-order chi connectivity index (χ1) is 13.1. The number of pyridine rings is 1. The molecule has 3 N–H and O–H groups in total.